The minimum Gasteiger partial charge on any atom is -0.324 e. The Morgan fingerprint density at radius 2 is 1.85 bits per heavy atom. The number of hydrogen-bond acceptors (Lipinski definition) is 4. The van der Waals surface area contributed by atoms with Crippen molar-refractivity contribution in [3.05, 3.63) is 76.6 Å². The van der Waals surface area contributed by atoms with E-state index in [0.29, 0.717) is 22.2 Å². The first-order chi connectivity index (χ1) is 12.6. The van der Waals surface area contributed by atoms with Crippen molar-refractivity contribution in [1.82, 2.24) is 9.97 Å². The summed E-state index contributed by atoms with van der Waals surface area (Å²) in [5.74, 6) is 0.164. The monoisotopic (exact) mass is 366 g/mol. The van der Waals surface area contributed by atoms with E-state index in [1.54, 1.807) is 24.3 Å². The highest BCUT2D eigenvalue weighted by molar-refractivity contribution is 6.30. The summed E-state index contributed by atoms with van der Waals surface area (Å²) in [6.07, 6.45) is 3.91. The van der Waals surface area contributed by atoms with Crippen molar-refractivity contribution >= 4 is 34.8 Å². The van der Waals surface area contributed by atoms with E-state index in [9.17, 15) is 4.79 Å². The second-order valence-electron chi connectivity index (χ2n) is 5.85. The van der Waals surface area contributed by atoms with Gasteiger partial charge < -0.3 is 10.6 Å². The number of aromatic nitrogens is 2. The van der Waals surface area contributed by atoms with E-state index >= 15 is 0 Å². The number of halogens is 1. The summed E-state index contributed by atoms with van der Waals surface area (Å²) in [7, 11) is 0. The maximum absolute atomic E-state index is 12.3. The van der Waals surface area contributed by atoms with Crippen molar-refractivity contribution in [3.8, 4) is 0 Å². The molecule has 0 fully saturated rings. The van der Waals surface area contributed by atoms with Crippen LogP contribution in [0.3, 0.4) is 0 Å². The molecule has 0 bridgehead atoms. The Bertz CT molecular complexity index is 925. The molecule has 6 heteroatoms. The van der Waals surface area contributed by atoms with E-state index in [0.717, 1.165) is 17.7 Å². The molecule has 3 aromatic rings. The fraction of sp³-hybridized carbons (Fsp3) is 0.150. The summed E-state index contributed by atoms with van der Waals surface area (Å²) in [6, 6.07) is 13.1. The van der Waals surface area contributed by atoms with Gasteiger partial charge in [-0.3, -0.25) is 4.79 Å². The molecule has 0 saturated carbocycles. The van der Waals surface area contributed by atoms with E-state index in [1.807, 2.05) is 19.1 Å². The average Bonchev–Trinajstić information content (AvgIpc) is 2.64. The molecule has 0 saturated heterocycles. The predicted molar refractivity (Wildman–Crippen MR) is 105 cm³/mol. The number of nitrogens with zero attached hydrogens (tertiary/aromatic N) is 2. The molecule has 0 atom stereocenters. The molecule has 0 aliphatic rings. The summed E-state index contributed by atoms with van der Waals surface area (Å²) in [4.78, 5) is 20.8. The van der Waals surface area contributed by atoms with Gasteiger partial charge in [0.25, 0.3) is 5.91 Å². The topological polar surface area (TPSA) is 66.9 Å². The Hall–Kier alpha value is -2.92. The number of benzene rings is 2. The number of carbonyl (C=O) groups excluding carboxylic acids is 1. The zero-order valence-corrected chi connectivity index (χ0v) is 15.3. The van der Waals surface area contributed by atoms with Crippen LogP contribution in [0.2, 0.25) is 5.02 Å². The third-order valence-electron chi connectivity index (χ3n) is 3.97. The quantitative estimate of drug-likeness (QED) is 0.667. The maximum Gasteiger partial charge on any atom is 0.258 e. The van der Waals surface area contributed by atoms with Crippen molar-refractivity contribution in [1.29, 1.82) is 0 Å². The number of anilines is 3. The number of carbonyl (C=O) groups is 1. The molecule has 0 unspecified atom stereocenters. The van der Waals surface area contributed by atoms with Gasteiger partial charge in [0.15, 0.2) is 0 Å². The Morgan fingerprint density at radius 3 is 2.54 bits per heavy atom. The minimum absolute atomic E-state index is 0.288. The number of rotatable bonds is 5. The molecule has 0 radical (unpaired) electrons. The van der Waals surface area contributed by atoms with Crippen LogP contribution in [0.15, 0.2) is 54.9 Å². The molecular formula is C20H19ClN4O. The zero-order chi connectivity index (χ0) is 18.5. The molecule has 1 amide bonds. The Morgan fingerprint density at radius 1 is 1.12 bits per heavy atom. The minimum atomic E-state index is -0.288. The number of nitrogens with one attached hydrogen (secondary N) is 2. The van der Waals surface area contributed by atoms with Gasteiger partial charge in [-0.1, -0.05) is 42.8 Å². The lowest BCUT2D eigenvalue weighted by atomic mass is 10.1. The number of hydrogen-bond donors (Lipinski definition) is 2. The normalized spacial score (nSPS) is 10.4. The Kier molecular flexibility index (Phi) is 5.49. The van der Waals surface area contributed by atoms with Gasteiger partial charge in [-0.25, -0.2) is 9.97 Å². The fourth-order valence-electron chi connectivity index (χ4n) is 2.59. The highest BCUT2D eigenvalue weighted by Crippen LogP contribution is 2.23. The van der Waals surface area contributed by atoms with E-state index in [2.05, 4.69) is 33.6 Å². The summed E-state index contributed by atoms with van der Waals surface area (Å²) < 4.78 is 0. The van der Waals surface area contributed by atoms with E-state index in [4.69, 9.17) is 11.6 Å². The Balaban J connectivity index is 1.73. The standard InChI is InChI=1S/C20H19ClN4O/c1-3-14-7-4-6-13(2)18(14)25-20-22-11-15(12-23-20)19(26)24-17-9-5-8-16(21)10-17/h4-12H,3H2,1-2H3,(H,24,26)(H,22,23,25). The van der Waals surface area contributed by atoms with E-state index in [-0.39, 0.29) is 5.91 Å². The van der Waals surface area contributed by atoms with Gasteiger partial charge in [0.2, 0.25) is 5.95 Å². The van der Waals surface area contributed by atoms with E-state index in [1.165, 1.54) is 18.0 Å². The third kappa shape index (κ3) is 4.18. The molecule has 0 spiro atoms. The molecule has 1 heterocycles. The molecule has 132 valence electrons. The summed E-state index contributed by atoms with van der Waals surface area (Å²) >= 11 is 5.93. The summed E-state index contributed by atoms with van der Waals surface area (Å²) in [6.45, 7) is 4.14. The van der Waals surface area contributed by atoms with Crippen LogP contribution in [0.5, 0.6) is 0 Å². The molecule has 0 aliphatic heterocycles. The SMILES string of the molecule is CCc1cccc(C)c1Nc1ncc(C(=O)Nc2cccc(Cl)c2)cn1. The van der Waals surface area contributed by atoms with Crippen molar-refractivity contribution in [2.24, 2.45) is 0 Å². The molecule has 1 aromatic heterocycles. The zero-order valence-electron chi connectivity index (χ0n) is 14.6. The summed E-state index contributed by atoms with van der Waals surface area (Å²) in [5.41, 5.74) is 4.31. The molecule has 0 aliphatic carbocycles. The second-order valence-corrected chi connectivity index (χ2v) is 6.28. The van der Waals surface area contributed by atoms with Gasteiger partial charge in [-0.05, 0) is 42.7 Å². The van der Waals surface area contributed by atoms with Crippen LogP contribution in [0.1, 0.15) is 28.4 Å². The van der Waals surface area contributed by atoms with Gasteiger partial charge in [-0.2, -0.15) is 0 Å². The molecule has 5 nitrogen and oxygen atoms in total. The smallest absolute Gasteiger partial charge is 0.258 e. The van der Waals surface area contributed by atoms with Gasteiger partial charge in [-0.15, -0.1) is 0 Å². The highest BCUT2D eigenvalue weighted by atomic mass is 35.5. The molecule has 2 aromatic carbocycles. The first kappa shape index (κ1) is 17.9. The van der Waals surface area contributed by atoms with Gasteiger partial charge in [0.05, 0.1) is 5.56 Å². The fourth-order valence-corrected chi connectivity index (χ4v) is 2.78. The van der Waals surface area contributed by atoms with Crippen molar-refractivity contribution in [3.63, 3.8) is 0 Å². The van der Waals surface area contributed by atoms with E-state index < -0.39 is 0 Å². The van der Waals surface area contributed by atoms with Crippen LogP contribution < -0.4 is 10.6 Å². The van der Waals surface area contributed by atoms with Gasteiger partial charge in [0.1, 0.15) is 0 Å². The lowest BCUT2D eigenvalue weighted by molar-refractivity contribution is 0.102. The van der Waals surface area contributed by atoms with Crippen molar-refractivity contribution in [2.45, 2.75) is 20.3 Å². The summed E-state index contributed by atoms with van der Waals surface area (Å²) in [5, 5.41) is 6.57. The lowest BCUT2D eigenvalue weighted by Crippen LogP contribution is -2.13. The number of para-hydroxylation sites is 1. The van der Waals surface area contributed by atoms with Crippen molar-refractivity contribution in [2.75, 3.05) is 10.6 Å². The maximum atomic E-state index is 12.3. The number of amides is 1. The molecular weight excluding hydrogens is 348 g/mol. The predicted octanol–water partition coefficient (Wildman–Crippen LogP) is 5.00. The first-order valence-corrected chi connectivity index (χ1v) is 8.69. The van der Waals surface area contributed by atoms with Gasteiger partial charge in [0, 0.05) is 28.8 Å². The second kappa shape index (κ2) is 7.97. The van der Waals surface area contributed by atoms with Crippen LogP contribution >= 0.6 is 11.6 Å². The highest BCUT2D eigenvalue weighted by Gasteiger charge is 2.10. The van der Waals surface area contributed by atoms with Crippen molar-refractivity contribution < 1.29 is 4.79 Å². The molecule has 2 N–H and O–H groups in total. The average molecular weight is 367 g/mol. The Labute approximate surface area is 157 Å². The number of aryl methyl sites for hydroxylation is 2. The first-order valence-electron chi connectivity index (χ1n) is 8.31. The van der Waals surface area contributed by atoms with Gasteiger partial charge >= 0.3 is 0 Å². The molecule has 3 rings (SSSR count). The molecule has 26 heavy (non-hydrogen) atoms. The largest absolute Gasteiger partial charge is 0.324 e. The van der Waals surface area contributed by atoms with Crippen LogP contribution in [0.4, 0.5) is 17.3 Å². The third-order valence-corrected chi connectivity index (χ3v) is 4.21. The lowest BCUT2D eigenvalue weighted by Gasteiger charge is -2.13. The van der Waals surface area contributed by atoms with Crippen LogP contribution in [-0.4, -0.2) is 15.9 Å². The van der Waals surface area contributed by atoms with Crippen LogP contribution in [0, 0.1) is 6.92 Å². The van der Waals surface area contributed by atoms with Crippen LogP contribution in [-0.2, 0) is 6.42 Å². The van der Waals surface area contributed by atoms with Crippen LogP contribution in [0.25, 0.3) is 0 Å².